The summed E-state index contributed by atoms with van der Waals surface area (Å²) in [6.45, 7) is 7.61. The SMILES string of the molecule is CCC(OC(C)C)C(C)OC(=O)NC(N)=S. The molecule has 16 heavy (non-hydrogen) atoms. The summed E-state index contributed by atoms with van der Waals surface area (Å²) >= 11 is 4.52. The first kappa shape index (κ1) is 15.1. The number of hydrogen-bond acceptors (Lipinski definition) is 4. The lowest BCUT2D eigenvalue weighted by molar-refractivity contribution is -0.0631. The van der Waals surface area contributed by atoms with Crippen LogP contribution < -0.4 is 11.1 Å². The third-order valence-corrected chi connectivity index (χ3v) is 1.99. The molecule has 2 unspecified atom stereocenters. The molecule has 0 aromatic carbocycles. The summed E-state index contributed by atoms with van der Waals surface area (Å²) in [5, 5.41) is 2.10. The Kier molecular flexibility index (Phi) is 7.00. The molecule has 0 saturated carbocycles. The van der Waals surface area contributed by atoms with Crippen LogP contribution >= 0.6 is 12.2 Å². The van der Waals surface area contributed by atoms with E-state index in [1.165, 1.54) is 0 Å². The fourth-order valence-corrected chi connectivity index (χ4v) is 1.35. The molecule has 94 valence electrons. The molecule has 0 aliphatic rings. The van der Waals surface area contributed by atoms with Crippen LogP contribution in [-0.4, -0.2) is 29.5 Å². The highest BCUT2D eigenvalue weighted by Crippen LogP contribution is 2.10. The van der Waals surface area contributed by atoms with E-state index in [1.807, 2.05) is 20.8 Å². The highest BCUT2D eigenvalue weighted by atomic mass is 32.1. The predicted molar refractivity (Wildman–Crippen MR) is 66.2 cm³/mol. The van der Waals surface area contributed by atoms with Gasteiger partial charge in [-0.2, -0.15) is 0 Å². The zero-order valence-corrected chi connectivity index (χ0v) is 11.0. The third-order valence-electron chi connectivity index (χ3n) is 1.89. The van der Waals surface area contributed by atoms with E-state index in [9.17, 15) is 4.79 Å². The predicted octanol–water partition coefficient (Wildman–Crippen LogP) is 1.55. The lowest BCUT2D eigenvalue weighted by atomic mass is 10.2. The van der Waals surface area contributed by atoms with Gasteiger partial charge in [-0.05, 0) is 39.4 Å². The Bertz CT molecular complexity index is 246. The molecule has 0 aliphatic carbocycles. The zero-order valence-electron chi connectivity index (χ0n) is 10.1. The molecule has 0 aliphatic heterocycles. The van der Waals surface area contributed by atoms with Crippen molar-refractivity contribution in [1.82, 2.24) is 5.32 Å². The van der Waals surface area contributed by atoms with Gasteiger partial charge in [0.15, 0.2) is 5.11 Å². The molecule has 0 heterocycles. The van der Waals surface area contributed by atoms with E-state index in [-0.39, 0.29) is 23.4 Å². The molecule has 1 amide bonds. The van der Waals surface area contributed by atoms with E-state index in [1.54, 1.807) is 6.92 Å². The quantitative estimate of drug-likeness (QED) is 0.722. The summed E-state index contributed by atoms with van der Waals surface area (Å²) in [4.78, 5) is 11.2. The van der Waals surface area contributed by atoms with Crippen LogP contribution in [0.5, 0.6) is 0 Å². The van der Waals surface area contributed by atoms with Gasteiger partial charge in [-0.3, -0.25) is 5.32 Å². The summed E-state index contributed by atoms with van der Waals surface area (Å²) in [6.07, 6.45) is -0.265. The number of ether oxygens (including phenoxy) is 2. The topological polar surface area (TPSA) is 73.6 Å². The molecule has 0 rings (SSSR count). The van der Waals surface area contributed by atoms with Crippen LogP contribution in [0.4, 0.5) is 4.79 Å². The monoisotopic (exact) mass is 248 g/mol. The van der Waals surface area contributed by atoms with Crippen molar-refractivity contribution in [2.24, 2.45) is 5.73 Å². The van der Waals surface area contributed by atoms with Crippen LogP contribution in [0.2, 0.25) is 0 Å². The smallest absolute Gasteiger partial charge is 0.413 e. The Labute approximate surface area is 102 Å². The number of thiocarbonyl (C=S) groups is 1. The summed E-state index contributed by atoms with van der Waals surface area (Å²) in [5.74, 6) is 0. The van der Waals surface area contributed by atoms with E-state index < -0.39 is 6.09 Å². The van der Waals surface area contributed by atoms with E-state index in [2.05, 4.69) is 17.5 Å². The van der Waals surface area contributed by atoms with Crippen molar-refractivity contribution in [3.8, 4) is 0 Å². The average molecular weight is 248 g/mol. The minimum atomic E-state index is -0.647. The Morgan fingerprint density at radius 2 is 2.00 bits per heavy atom. The van der Waals surface area contributed by atoms with E-state index in [0.717, 1.165) is 6.42 Å². The van der Waals surface area contributed by atoms with Crippen molar-refractivity contribution in [1.29, 1.82) is 0 Å². The molecular formula is C10H20N2O3S. The van der Waals surface area contributed by atoms with Crippen molar-refractivity contribution < 1.29 is 14.3 Å². The van der Waals surface area contributed by atoms with Gasteiger partial charge in [0.05, 0.1) is 12.2 Å². The largest absolute Gasteiger partial charge is 0.443 e. The van der Waals surface area contributed by atoms with Crippen LogP contribution in [0.25, 0.3) is 0 Å². The molecule has 0 spiro atoms. The normalized spacial score (nSPS) is 14.3. The molecule has 0 bridgehead atoms. The maximum absolute atomic E-state index is 11.2. The van der Waals surface area contributed by atoms with Gasteiger partial charge in [-0.1, -0.05) is 6.92 Å². The minimum Gasteiger partial charge on any atom is -0.443 e. The van der Waals surface area contributed by atoms with E-state index in [0.29, 0.717) is 0 Å². The maximum Gasteiger partial charge on any atom is 0.413 e. The van der Waals surface area contributed by atoms with Crippen LogP contribution in [0.15, 0.2) is 0 Å². The highest BCUT2D eigenvalue weighted by molar-refractivity contribution is 7.80. The Morgan fingerprint density at radius 3 is 2.38 bits per heavy atom. The van der Waals surface area contributed by atoms with Crippen LogP contribution in [0.1, 0.15) is 34.1 Å². The summed E-state index contributed by atoms with van der Waals surface area (Å²) < 4.78 is 10.7. The molecule has 3 N–H and O–H groups in total. The first-order chi connectivity index (χ1) is 7.36. The molecule has 0 aromatic rings. The zero-order chi connectivity index (χ0) is 12.7. The van der Waals surface area contributed by atoms with Crippen molar-refractivity contribution in [2.45, 2.75) is 52.4 Å². The average Bonchev–Trinajstić information content (AvgIpc) is 2.11. The molecule has 0 saturated heterocycles. The number of alkyl carbamates (subject to hydrolysis) is 1. The number of rotatable bonds is 5. The molecule has 5 nitrogen and oxygen atoms in total. The number of carbonyl (C=O) groups excluding carboxylic acids is 1. The van der Waals surface area contributed by atoms with Gasteiger partial charge < -0.3 is 15.2 Å². The Morgan fingerprint density at radius 1 is 1.44 bits per heavy atom. The molecular weight excluding hydrogens is 228 g/mol. The van der Waals surface area contributed by atoms with Gasteiger partial charge in [0, 0.05) is 0 Å². The van der Waals surface area contributed by atoms with Crippen LogP contribution in [0.3, 0.4) is 0 Å². The van der Waals surface area contributed by atoms with E-state index in [4.69, 9.17) is 15.2 Å². The first-order valence-electron chi connectivity index (χ1n) is 5.29. The van der Waals surface area contributed by atoms with Gasteiger partial charge >= 0.3 is 6.09 Å². The highest BCUT2D eigenvalue weighted by Gasteiger charge is 2.21. The number of nitrogens with one attached hydrogen (secondary N) is 1. The molecule has 0 radical (unpaired) electrons. The summed E-state index contributed by atoms with van der Waals surface area (Å²) in [7, 11) is 0. The Balaban J connectivity index is 4.14. The summed E-state index contributed by atoms with van der Waals surface area (Å²) in [6, 6.07) is 0. The Hall–Kier alpha value is -0.880. The van der Waals surface area contributed by atoms with Crippen molar-refractivity contribution in [3.05, 3.63) is 0 Å². The standard InChI is InChI=1S/C10H20N2O3S/c1-5-8(14-6(2)3)7(4)15-10(13)12-9(11)16/h6-8H,5H2,1-4H3,(H3,11,12,13,16). The van der Waals surface area contributed by atoms with Gasteiger partial charge in [-0.15, -0.1) is 0 Å². The summed E-state index contributed by atoms with van der Waals surface area (Å²) in [5.41, 5.74) is 5.15. The number of amides is 1. The minimum absolute atomic E-state index is 0.0923. The van der Waals surface area contributed by atoms with Gasteiger partial charge in [0.25, 0.3) is 0 Å². The van der Waals surface area contributed by atoms with Crippen LogP contribution in [0, 0.1) is 0 Å². The second kappa shape index (κ2) is 7.40. The van der Waals surface area contributed by atoms with E-state index >= 15 is 0 Å². The molecule has 2 atom stereocenters. The van der Waals surface area contributed by atoms with Crippen molar-refractivity contribution in [3.63, 3.8) is 0 Å². The van der Waals surface area contributed by atoms with Crippen molar-refractivity contribution in [2.75, 3.05) is 0 Å². The van der Waals surface area contributed by atoms with Crippen LogP contribution in [-0.2, 0) is 9.47 Å². The van der Waals surface area contributed by atoms with Crippen molar-refractivity contribution >= 4 is 23.4 Å². The first-order valence-corrected chi connectivity index (χ1v) is 5.70. The molecule has 0 aromatic heterocycles. The fourth-order valence-electron chi connectivity index (χ4n) is 1.26. The second-order valence-corrected chi connectivity index (χ2v) is 4.17. The lowest BCUT2D eigenvalue weighted by Crippen LogP contribution is -2.40. The third kappa shape index (κ3) is 6.58. The molecule has 0 fully saturated rings. The second-order valence-electron chi connectivity index (χ2n) is 3.73. The van der Waals surface area contributed by atoms with Gasteiger partial charge in [0.2, 0.25) is 0 Å². The lowest BCUT2D eigenvalue weighted by Gasteiger charge is -2.25. The van der Waals surface area contributed by atoms with Gasteiger partial charge in [0.1, 0.15) is 6.10 Å². The molecule has 6 heteroatoms. The number of nitrogens with two attached hydrogens (primary N) is 1. The maximum atomic E-state index is 11.2. The van der Waals surface area contributed by atoms with Gasteiger partial charge in [-0.25, -0.2) is 4.79 Å². The fraction of sp³-hybridized carbons (Fsp3) is 0.800. The number of hydrogen-bond donors (Lipinski definition) is 2. The number of carbonyl (C=O) groups is 1.